The third-order valence-corrected chi connectivity index (χ3v) is 4.29. The fourth-order valence-electron chi connectivity index (χ4n) is 2.63. The van der Waals surface area contributed by atoms with Gasteiger partial charge in [-0.3, -0.25) is 9.48 Å². The van der Waals surface area contributed by atoms with Gasteiger partial charge in [0.25, 0.3) is 0 Å². The molecule has 1 fully saturated rings. The predicted octanol–water partition coefficient (Wildman–Crippen LogP) is 1.15. The lowest BCUT2D eigenvalue weighted by Gasteiger charge is -2.04. The van der Waals surface area contributed by atoms with Crippen LogP contribution >= 0.6 is 11.5 Å². The van der Waals surface area contributed by atoms with Gasteiger partial charge in [-0.1, -0.05) is 22.5 Å². The SMILES string of the molecule is O=C(Cc1csnn1)NCCn1cc(C2CCCC2)nn1. The lowest BCUT2D eigenvalue weighted by Crippen LogP contribution is -2.28. The maximum absolute atomic E-state index is 11.7. The molecule has 0 spiro atoms. The molecule has 0 aliphatic heterocycles. The minimum absolute atomic E-state index is 0.0427. The van der Waals surface area contributed by atoms with Crippen molar-refractivity contribution in [3.05, 3.63) is 23.0 Å². The molecule has 0 atom stereocenters. The molecular formula is C13H18N6OS. The van der Waals surface area contributed by atoms with Gasteiger partial charge in [-0.05, 0) is 24.4 Å². The van der Waals surface area contributed by atoms with Crippen LogP contribution in [0.25, 0.3) is 0 Å². The molecule has 3 rings (SSSR count). The second-order valence-corrected chi connectivity index (χ2v) is 5.92. The molecule has 112 valence electrons. The molecule has 0 bridgehead atoms. The van der Waals surface area contributed by atoms with Gasteiger partial charge < -0.3 is 5.32 Å². The Hall–Kier alpha value is -1.83. The predicted molar refractivity (Wildman–Crippen MR) is 77.9 cm³/mol. The normalized spacial score (nSPS) is 15.4. The minimum atomic E-state index is -0.0427. The largest absolute Gasteiger partial charge is 0.354 e. The maximum Gasteiger partial charge on any atom is 0.226 e. The molecule has 7 nitrogen and oxygen atoms in total. The van der Waals surface area contributed by atoms with Gasteiger partial charge in [0.15, 0.2) is 0 Å². The molecule has 1 aliphatic rings. The highest BCUT2D eigenvalue weighted by Gasteiger charge is 2.19. The Labute approximate surface area is 126 Å². The molecule has 0 saturated heterocycles. The monoisotopic (exact) mass is 306 g/mol. The zero-order valence-electron chi connectivity index (χ0n) is 11.7. The summed E-state index contributed by atoms with van der Waals surface area (Å²) in [4.78, 5) is 11.7. The quantitative estimate of drug-likeness (QED) is 0.865. The van der Waals surface area contributed by atoms with E-state index in [4.69, 9.17) is 0 Å². The van der Waals surface area contributed by atoms with E-state index >= 15 is 0 Å². The highest BCUT2D eigenvalue weighted by atomic mass is 32.1. The summed E-state index contributed by atoms with van der Waals surface area (Å²) in [5.41, 5.74) is 1.80. The highest BCUT2D eigenvalue weighted by Crippen LogP contribution is 2.32. The number of hydrogen-bond acceptors (Lipinski definition) is 6. The van der Waals surface area contributed by atoms with E-state index in [-0.39, 0.29) is 12.3 Å². The molecule has 0 aromatic carbocycles. The maximum atomic E-state index is 11.7. The lowest BCUT2D eigenvalue weighted by atomic mass is 10.1. The molecular weight excluding hydrogens is 288 g/mol. The molecule has 0 unspecified atom stereocenters. The number of nitrogens with zero attached hydrogens (tertiary/aromatic N) is 5. The van der Waals surface area contributed by atoms with Crippen LogP contribution in [-0.2, 0) is 17.8 Å². The van der Waals surface area contributed by atoms with Gasteiger partial charge in [0, 0.05) is 24.0 Å². The van der Waals surface area contributed by atoms with E-state index in [1.54, 1.807) is 10.1 Å². The molecule has 8 heteroatoms. The number of aromatic nitrogens is 5. The molecule has 2 aromatic rings. The van der Waals surface area contributed by atoms with Crippen molar-refractivity contribution in [3.8, 4) is 0 Å². The van der Waals surface area contributed by atoms with Crippen LogP contribution in [0.5, 0.6) is 0 Å². The fourth-order valence-corrected chi connectivity index (χ4v) is 3.08. The molecule has 1 saturated carbocycles. The Kier molecular flexibility index (Phi) is 4.54. The number of hydrogen-bond donors (Lipinski definition) is 1. The first-order valence-electron chi connectivity index (χ1n) is 7.24. The van der Waals surface area contributed by atoms with Crippen molar-refractivity contribution in [1.29, 1.82) is 0 Å². The van der Waals surface area contributed by atoms with Gasteiger partial charge in [0.05, 0.1) is 24.4 Å². The van der Waals surface area contributed by atoms with Crippen molar-refractivity contribution in [2.45, 2.75) is 44.6 Å². The molecule has 2 heterocycles. The van der Waals surface area contributed by atoms with Crippen LogP contribution in [0.15, 0.2) is 11.6 Å². The van der Waals surface area contributed by atoms with E-state index < -0.39 is 0 Å². The Balaban J connectivity index is 1.41. The molecule has 1 amide bonds. The average Bonchev–Trinajstić information content (AvgIpc) is 3.21. The van der Waals surface area contributed by atoms with Crippen LogP contribution in [-0.4, -0.2) is 37.0 Å². The third-order valence-electron chi connectivity index (χ3n) is 3.74. The minimum Gasteiger partial charge on any atom is -0.354 e. The lowest BCUT2D eigenvalue weighted by molar-refractivity contribution is -0.120. The van der Waals surface area contributed by atoms with Crippen LogP contribution in [0, 0.1) is 0 Å². The van der Waals surface area contributed by atoms with E-state index in [9.17, 15) is 4.79 Å². The number of carbonyl (C=O) groups excluding carboxylic acids is 1. The van der Waals surface area contributed by atoms with Gasteiger partial charge in [0.1, 0.15) is 0 Å². The van der Waals surface area contributed by atoms with Crippen molar-refractivity contribution in [3.63, 3.8) is 0 Å². The number of rotatable bonds is 6. The van der Waals surface area contributed by atoms with Gasteiger partial charge in [-0.15, -0.1) is 10.2 Å². The fraction of sp³-hybridized carbons (Fsp3) is 0.615. The van der Waals surface area contributed by atoms with Gasteiger partial charge >= 0.3 is 0 Å². The molecule has 1 N–H and O–H groups in total. The van der Waals surface area contributed by atoms with Crippen LogP contribution < -0.4 is 5.32 Å². The molecule has 21 heavy (non-hydrogen) atoms. The second kappa shape index (κ2) is 6.75. The van der Waals surface area contributed by atoms with Crippen molar-refractivity contribution >= 4 is 17.4 Å². The summed E-state index contributed by atoms with van der Waals surface area (Å²) >= 11 is 1.25. The Morgan fingerprint density at radius 3 is 3.00 bits per heavy atom. The first-order valence-corrected chi connectivity index (χ1v) is 8.07. The third kappa shape index (κ3) is 3.84. The van der Waals surface area contributed by atoms with E-state index in [1.807, 2.05) is 6.20 Å². The van der Waals surface area contributed by atoms with E-state index in [2.05, 4.69) is 25.2 Å². The summed E-state index contributed by atoms with van der Waals surface area (Å²) in [6, 6.07) is 0. The number of carbonyl (C=O) groups is 1. The summed E-state index contributed by atoms with van der Waals surface area (Å²) < 4.78 is 5.54. The summed E-state index contributed by atoms with van der Waals surface area (Å²) in [6.45, 7) is 1.19. The summed E-state index contributed by atoms with van der Waals surface area (Å²) in [5.74, 6) is 0.532. The topological polar surface area (TPSA) is 85.6 Å². The summed E-state index contributed by atoms with van der Waals surface area (Å²) in [6.07, 6.45) is 7.31. The van der Waals surface area contributed by atoms with E-state index in [1.165, 1.54) is 37.2 Å². The molecule has 1 aliphatic carbocycles. The van der Waals surface area contributed by atoms with Crippen molar-refractivity contribution in [2.24, 2.45) is 0 Å². The Morgan fingerprint density at radius 2 is 2.24 bits per heavy atom. The van der Waals surface area contributed by atoms with Crippen molar-refractivity contribution in [2.75, 3.05) is 6.54 Å². The van der Waals surface area contributed by atoms with Crippen molar-refractivity contribution in [1.82, 2.24) is 29.9 Å². The van der Waals surface area contributed by atoms with E-state index in [0.717, 1.165) is 5.69 Å². The second-order valence-electron chi connectivity index (χ2n) is 5.31. The summed E-state index contributed by atoms with van der Waals surface area (Å²) in [7, 11) is 0. The summed E-state index contributed by atoms with van der Waals surface area (Å²) in [5, 5.41) is 16.9. The molecule has 2 aromatic heterocycles. The number of amides is 1. The Morgan fingerprint density at radius 1 is 1.38 bits per heavy atom. The Bertz CT molecular complexity index is 575. The van der Waals surface area contributed by atoms with Crippen LogP contribution in [0.4, 0.5) is 0 Å². The first kappa shape index (κ1) is 14.1. The zero-order valence-corrected chi connectivity index (χ0v) is 12.6. The van der Waals surface area contributed by atoms with Crippen molar-refractivity contribution < 1.29 is 4.79 Å². The van der Waals surface area contributed by atoms with Gasteiger partial charge in [-0.2, -0.15) is 0 Å². The van der Waals surface area contributed by atoms with Gasteiger partial charge in [0.2, 0.25) is 5.91 Å². The van der Waals surface area contributed by atoms with Gasteiger partial charge in [-0.25, -0.2) is 0 Å². The number of nitrogens with one attached hydrogen (secondary N) is 1. The highest BCUT2D eigenvalue weighted by molar-refractivity contribution is 7.03. The standard InChI is InChI=1S/C13H18N6OS/c20-13(7-11-9-21-18-15-11)14-5-6-19-8-12(16-17-19)10-3-1-2-4-10/h8-10H,1-7H2,(H,14,20). The average molecular weight is 306 g/mol. The molecule has 0 radical (unpaired) electrons. The van der Waals surface area contributed by atoms with Crippen LogP contribution in [0.3, 0.4) is 0 Å². The van der Waals surface area contributed by atoms with Crippen LogP contribution in [0.1, 0.15) is 43.0 Å². The van der Waals surface area contributed by atoms with Crippen LogP contribution in [0.2, 0.25) is 0 Å². The first-order chi connectivity index (χ1) is 10.3. The van der Waals surface area contributed by atoms with E-state index in [0.29, 0.717) is 24.7 Å². The zero-order chi connectivity index (χ0) is 14.5. The smallest absolute Gasteiger partial charge is 0.226 e.